The third-order valence-corrected chi connectivity index (χ3v) is 6.39. The van der Waals surface area contributed by atoms with Crippen molar-refractivity contribution < 1.29 is 9.53 Å². The van der Waals surface area contributed by atoms with Crippen molar-refractivity contribution in [1.29, 1.82) is 0 Å². The molecule has 0 atom stereocenters. The first-order valence-electron chi connectivity index (χ1n) is 10.9. The van der Waals surface area contributed by atoms with Gasteiger partial charge in [0.15, 0.2) is 0 Å². The second-order valence-corrected chi connectivity index (χ2v) is 8.69. The Labute approximate surface area is 184 Å². The van der Waals surface area contributed by atoms with Crippen molar-refractivity contribution >= 4 is 17.5 Å². The number of rotatable bonds is 6. The number of morpholine rings is 1. The predicted molar refractivity (Wildman–Crippen MR) is 119 cm³/mol. The summed E-state index contributed by atoms with van der Waals surface area (Å²) < 4.78 is 5.32. The van der Waals surface area contributed by atoms with Gasteiger partial charge in [0.05, 0.1) is 13.2 Å². The van der Waals surface area contributed by atoms with Crippen LogP contribution in [0.4, 0.5) is 0 Å². The molecule has 0 spiro atoms. The van der Waals surface area contributed by atoms with Gasteiger partial charge in [-0.2, -0.15) is 0 Å². The van der Waals surface area contributed by atoms with E-state index in [-0.39, 0.29) is 5.91 Å². The van der Waals surface area contributed by atoms with Crippen molar-refractivity contribution in [1.82, 2.24) is 14.8 Å². The van der Waals surface area contributed by atoms with E-state index in [4.69, 9.17) is 21.3 Å². The predicted octanol–water partition coefficient (Wildman–Crippen LogP) is 3.75. The van der Waals surface area contributed by atoms with E-state index in [9.17, 15) is 4.79 Å². The van der Waals surface area contributed by atoms with Crippen molar-refractivity contribution in [3.8, 4) is 0 Å². The molecule has 4 rings (SSSR count). The Hall–Kier alpha value is -1.95. The highest BCUT2D eigenvalue weighted by molar-refractivity contribution is 6.30. The smallest absolute Gasteiger partial charge is 0.224 e. The Bertz CT molecular complexity index is 829. The number of amides is 1. The van der Waals surface area contributed by atoms with Crippen molar-refractivity contribution in [2.24, 2.45) is 0 Å². The average molecular weight is 428 g/mol. The molecule has 0 saturated carbocycles. The topological polar surface area (TPSA) is 45.7 Å². The van der Waals surface area contributed by atoms with Crippen LogP contribution >= 0.6 is 11.6 Å². The van der Waals surface area contributed by atoms with Crippen molar-refractivity contribution in [3.63, 3.8) is 0 Å². The van der Waals surface area contributed by atoms with Crippen LogP contribution in [0.2, 0.25) is 5.02 Å². The van der Waals surface area contributed by atoms with Gasteiger partial charge in [-0.25, -0.2) is 0 Å². The fraction of sp³-hybridized carbons (Fsp3) is 0.500. The highest BCUT2D eigenvalue weighted by Gasteiger charge is 2.23. The first-order valence-corrected chi connectivity index (χ1v) is 11.3. The fourth-order valence-electron chi connectivity index (χ4n) is 4.34. The van der Waals surface area contributed by atoms with Gasteiger partial charge in [-0.05, 0) is 61.7 Å². The SMILES string of the molecule is O=C(CCN1CCC(c2ccc(Cc3cccc(Cl)c3)cn2)CC1)N1CCOCC1. The summed E-state index contributed by atoms with van der Waals surface area (Å²) in [7, 11) is 0. The molecule has 2 fully saturated rings. The molecule has 0 unspecified atom stereocenters. The molecule has 160 valence electrons. The van der Waals surface area contributed by atoms with Gasteiger partial charge in [0.2, 0.25) is 5.91 Å². The van der Waals surface area contributed by atoms with Gasteiger partial charge < -0.3 is 14.5 Å². The summed E-state index contributed by atoms with van der Waals surface area (Å²) >= 11 is 6.08. The lowest BCUT2D eigenvalue weighted by molar-refractivity contribution is -0.135. The Morgan fingerprint density at radius 3 is 2.57 bits per heavy atom. The number of pyridine rings is 1. The molecule has 5 nitrogen and oxygen atoms in total. The Kier molecular flexibility index (Phi) is 7.37. The second kappa shape index (κ2) is 10.4. The summed E-state index contributed by atoms with van der Waals surface area (Å²) in [5.74, 6) is 0.772. The number of carbonyl (C=O) groups is 1. The molecule has 2 aliphatic heterocycles. The zero-order valence-electron chi connectivity index (χ0n) is 17.4. The minimum absolute atomic E-state index is 0.261. The fourth-order valence-corrected chi connectivity index (χ4v) is 4.55. The first kappa shape index (κ1) is 21.3. The summed E-state index contributed by atoms with van der Waals surface area (Å²) in [5, 5.41) is 0.774. The third kappa shape index (κ3) is 5.81. The number of hydrogen-bond acceptors (Lipinski definition) is 4. The molecule has 3 heterocycles. The van der Waals surface area contributed by atoms with Crippen molar-refractivity contribution in [2.75, 3.05) is 45.9 Å². The highest BCUT2D eigenvalue weighted by Crippen LogP contribution is 2.27. The van der Waals surface area contributed by atoms with Crippen LogP contribution in [-0.4, -0.2) is 66.6 Å². The number of likely N-dealkylation sites (tertiary alicyclic amines) is 1. The molecule has 30 heavy (non-hydrogen) atoms. The Morgan fingerprint density at radius 1 is 1.07 bits per heavy atom. The normalized spacial score (nSPS) is 18.5. The summed E-state index contributed by atoms with van der Waals surface area (Å²) in [5.41, 5.74) is 3.60. The largest absolute Gasteiger partial charge is 0.378 e. The van der Waals surface area contributed by atoms with Crippen molar-refractivity contribution in [2.45, 2.75) is 31.6 Å². The number of ether oxygens (including phenoxy) is 1. The zero-order valence-corrected chi connectivity index (χ0v) is 18.2. The third-order valence-electron chi connectivity index (χ3n) is 6.16. The van der Waals surface area contributed by atoms with E-state index in [2.05, 4.69) is 23.1 Å². The van der Waals surface area contributed by atoms with E-state index in [1.54, 1.807) is 0 Å². The molecule has 2 aromatic rings. The van der Waals surface area contributed by atoms with Crippen LogP contribution in [0.1, 0.15) is 42.0 Å². The Balaban J connectivity index is 1.22. The molecule has 0 bridgehead atoms. The van der Waals surface area contributed by atoms with Crippen LogP contribution < -0.4 is 0 Å². The molecule has 2 aliphatic rings. The molecular formula is C24H30ClN3O2. The second-order valence-electron chi connectivity index (χ2n) is 8.26. The van der Waals surface area contributed by atoms with Crippen LogP contribution in [0.15, 0.2) is 42.6 Å². The van der Waals surface area contributed by atoms with Gasteiger partial charge in [-0.3, -0.25) is 9.78 Å². The summed E-state index contributed by atoms with van der Waals surface area (Å²) in [6.45, 7) is 5.73. The van der Waals surface area contributed by atoms with E-state index in [0.29, 0.717) is 25.6 Å². The van der Waals surface area contributed by atoms with Gasteiger partial charge in [0.1, 0.15) is 0 Å². The molecule has 6 heteroatoms. The lowest BCUT2D eigenvalue weighted by atomic mass is 9.92. The number of nitrogens with zero attached hydrogens (tertiary/aromatic N) is 3. The molecule has 1 amide bonds. The minimum Gasteiger partial charge on any atom is -0.378 e. The standard InChI is InChI=1S/C24H30ClN3O2/c25-22-3-1-2-19(17-22)16-20-4-5-23(26-18-20)21-6-9-27(10-7-21)11-8-24(29)28-12-14-30-15-13-28/h1-5,17-18,21H,6-16H2. The lowest BCUT2D eigenvalue weighted by Crippen LogP contribution is -2.42. The molecular weight excluding hydrogens is 398 g/mol. The first-order chi connectivity index (χ1) is 14.7. The van der Waals surface area contributed by atoms with Crippen LogP contribution in [0, 0.1) is 0 Å². The van der Waals surface area contributed by atoms with Gasteiger partial charge in [0, 0.05) is 48.9 Å². The minimum atomic E-state index is 0.261. The van der Waals surface area contributed by atoms with E-state index >= 15 is 0 Å². The van der Waals surface area contributed by atoms with E-state index in [1.807, 2.05) is 29.3 Å². The molecule has 1 aromatic heterocycles. The number of carbonyl (C=O) groups excluding carboxylic acids is 1. The Morgan fingerprint density at radius 2 is 1.87 bits per heavy atom. The number of aromatic nitrogens is 1. The van der Waals surface area contributed by atoms with Gasteiger partial charge in [0.25, 0.3) is 0 Å². The molecule has 2 saturated heterocycles. The van der Waals surface area contributed by atoms with Crippen LogP contribution in [-0.2, 0) is 16.0 Å². The molecule has 0 N–H and O–H groups in total. The van der Waals surface area contributed by atoms with Gasteiger partial charge in [-0.1, -0.05) is 29.8 Å². The number of halogens is 1. The maximum atomic E-state index is 12.3. The maximum Gasteiger partial charge on any atom is 0.224 e. The summed E-state index contributed by atoms with van der Waals surface area (Å²) in [6, 6.07) is 12.4. The summed E-state index contributed by atoms with van der Waals surface area (Å²) in [6.07, 6.45) is 5.67. The van der Waals surface area contributed by atoms with Gasteiger partial charge in [-0.15, -0.1) is 0 Å². The van der Waals surface area contributed by atoms with Crippen LogP contribution in [0.25, 0.3) is 0 Å². The van der Waals surface area contributed by atoms with E-state index in [1.165, 1.54) is 16.8 Å². The number of hydrogen-bond donors (Lipinski definition) is 0. The van der Waals surface area contributed by atoms with E-state index < -0.39 is 0 Å². The lowest BCUT2D eigenvalue weighted by Gasteiger charge is -2.32. The van der Waals surface area contributed by atoms with Crippen LogP contribution in [0.5, 0.6) is 0 Å². The zero-order chi connectivity index (χ0) is 20.8. The summed E-state index contributed by atoms with van der Waals surface area (Å²) in [4.78, 5) is 21.4. The number of benzene rings is 1. The number of piperidine rings is 1. The monoisotopic (exact) mass is 427 g/mol. The average Bonchev–Trinajstić information content (AvgIpc) is 2.79. The molecule has 0 radical (unpaired) electrons. The van der Waals surface area contributed by atoms with Crippen LogP contribution in [0.3, 0.4) is 0 Å². The van der Waals surface area contributed by atoms with Gasteiger partial charge >= 0.3 is 0 Å². The molecule has 0 aliphatic carbocycles. The molecule has 1 aromatic carbocycles. The van der Waals surface area contributed by atoms with E-state index in [0.717, 1.165) is 57.0 Å². The quantitative estimate of drug-likeness (QED) is 0.704. The maximum absolute atomic E-state index is 12.3. The highest BCUT2D eigenvalue weighted by atomic mass is 35.5. The van der Waals surface area contributed by atoms with Crippen molar-refractivity contribution in [3.05, 3.63) is 64.4 Å².